The van der Waals surface area contributed by atoms with Crippen LogP contribution < -0.4 is 15.8 Å². The number of rotatable bonds is 8. The second kappa shape index (κ2) is 9.72. The summed E-state index contributed by atoms with van der Waals surface area (Å²) in [5.74, 6) is 1.31. The van der Waals surface area contributed by atoms with Gasteiger partial charge in [0.1, 0.15) is 5.75 Å². The Kier molecular flexibility index (Phi) is 7.07. The summed E-state index contributed by atoms with van der Waals surface area (Å²) in [5.41, 5.74) is 6.64. The molecule has 1 aliphatic carbocycles. The van der Waals surface area contributed by atoms with Gasteiger partial charge >= 0.3 is 0 Å². The van der Waals surface area contributed by atoms with Crippen LogP contribution in [0.4, 0.5) is 0 Å². The summed E-state index contributed by atoms with van der Waals surface area (Å²) >= 11 is 6.40. The van der Waals surface area contributed by atoms with Gasteiger partial charge in [-0.1, -0.05) is 36.9 Å². The number of carbonyl (C=O) groups excluding carboxylic acids is 1. The Morgan fingerprint density at radius 3 is 2.70 bits per heavy atom. The first kappa shape index (κ1) is 19.6. The summed E-state index contributed by atoms with van der Waals surface area (Å²) in [4.78, 5) is 15.1. The van der Waals surface area contributed by atoms with E-state index in [0.29, 0.717) is 22.2 Å². The molecule has 1 fully saturated rings. The highest BCUT2D eigenvalue weighted by atomic mass is 35.5. The van der Waals surface area contributed by atoms with Crippen molar-refractivity contribution in [2.75, 3.05) is 13.1 Å². The quantitative estimate of drug-likeness (QED) is 0.660. The molecule has 3 N–H and O–H groups in total. The van der Waals surface area contributed by atoms with Crippen molar-refractivity contribution in [3.8, 4) is 11.6 Å². The monoisotopic (exact) mass is 387 g/mol. The van der Waals surface area contributed by atoms with Gasteiger partial charge in [-0.2, -0.15) is 0 Å². The molecule has 1 heterocycles. The van der Waals surface area contributed by atoms with Crippen LogP contribution in [0.5, 0.6) is 11.6 Å². The van der Waals surface area contributed by atoms with E-state index in [2.05, 4.69) is 10.3 Å². The van der Waals surface area contributed by atoms with E-state index in [1.54, 1.807) is 18.2 Å². The van der Waals surface area contributed by atoms with E-state index < -0.39 is 5.91 Å². The molecule has 0 spiro atoms. The molecular formula is C21H26ClN3O2. The van der Waals surface area contributed by atoms with Gasteiger partial charge in [0.05, 0.1) is 5.56 Å². The second-order valence-corrected chi connectivity index (χ2v) is 7.47. The molecule has 1 saturated carbocycles. The third-order valence-corrected chi connectivity index (χ3v) is 5.35. The summed E-state index contributed by atoms with van der Waals surface area (Å²) in [6.45, 7) is 2.03. The Balaban J connectivity index is 1.48. The Morgan fingerprint density at radius 2 is 2.04 bits per heavy atom. The summed E-state index contributed by atoms with van der Waals surface area (Å²) in [7, 11) is 0. The zero-order valence-electron chi connectivity index (χ0n) is 15.4. The Hall–Kier alpha value is -2.11. The summed E-state index contributed by atoms with van der Waals surface area (Å²) in [6.07, 6.45) is 9.14. The summed E-state index contributed by atoms with van der Waals surface area (Å²) < 4.78 is 5.69. The fourth-order valence-corrected chi connectivity index (χ4v) is 3.69. The van der Waals surface area contributed by atoms with Crippen LogP contribution in [0.15, 0.2) is 36.5 Å². The third-order valence-electron chi connectivity index (χ3n) is 5.00. The van der Waals surface area contributed by atoms with Crippen molar-refractivity contribution in [2.45, 2.75) is 38.5 Å². The number of ether oxygens (including phenoxy) is 1. The Bertz CT molecular complexity index is 759. The molecule has 6 heteroatoms. The molecule has 1 amide bonds. The highest BCUT2D eigenvalue weighted by Crippen LogP contribution is 2.26. The number of primary amides is 1. The van der Waals surface area contributed by atoms with Crippen LogP contribution in [0.2, 0.25) is 5.02 Å². The van der Waals surface area contributed by atoms with E-state index in [1.807, 2.05) is 12.1 Å². The van der Waals surface area contributed by atoms with Crippen molar-refractivity contribution in [1.29, 1.82) is 0 Å². The number of nitrogens with zero attached hydrogens (tertiary/aromatic N) is 1. The van der Waals surface area contributed by atoms with Crippen molar-refractivity contribution >= 4 is 17.5 Å². The Labute approximate surface area is 165 Å². The van der Waals surface area contributed by atoms with Crippen molar-refractivity contribution in [3.63, 3.8) is 0 Å². The van der Waals surface area contributed by atoms with Crippen LogP contribution in [0.3, 0.4) is 0 Å². The first-order valence-corrected chi connectivity index (χ1v) is 9.92. The number of benzene rings is 1. The van der Waals surface area contributed by atoms with Crippen LogP contribution in [0, 0.1) is 5.92 Å². The lowest BCUT2D eigenvalue weighted by molar-refractivity contribution is 0.1000. The van der Waals surface area contributed by atoms with Crippen molar-refractivity contribution in [1.82, 2.24) is 10.3 Å². The second-order valence-electron chi connectivity index (χ2n) is 7.06. The molecule has 0 unspecified atom stereocenters. The van der Waals surface area contributed by atoms with Crippen molar-refractivity contribution in [2.24, 2.45) is 11.7 Å². The average molecular weight is 388 g/mol. The minimum atomic E-state index is -0.515. The maximum Gasteiger partial charge on any atom is 0.250 e. The van der Waals surface area contributed by atoms with Gasteiger partial charge in [-0.3, -0.25) is 4.79 Å². The summed E-state index contributed by atoms with van der Waals surface area (Å²) in [5, 5.41) is 4.24. The Morgan fingerprint density at radius 1 is 1.22 bits per heavy atom. The van der Waals surface area contributed by atoms with Gasteiger partial charge in [0.25, 0.3) is 0 Å². The fraction of sp³-hybridized carbons (Fsp3) is 0.429. The molecule has 1 aliphatic rings. The minimum Gasteiger partial charge on any atom is -0.439 e. The first-order valence-electron chi connectivity index (χ1n) is 9.54. The maximum absolute atomic E-state index is 11.1. The number of carbonyl (C=O) groups is 1. The van der Waals surface area contributed by atoms with Crippen LogP contribution >= 0.6 is 11.6 Å². The predicted octanol–water partition coefficient (Wildman–Crippen LogP) is 4.34. The number of halogens is 1. The molecule has 2 aromatic rings. The zero-order valence-corrected chi connectivity index (χ0v) is 16.2. The van der Waals surface area contributed by atoms with Crippen LogP contribution in [-0.2, 0) is 6.42 Å². The first-order chi connectivity index (χ1) is 13.1. The normalized spacial score (nSPS) is 14.9. The number of pyridine rings is 1. The standard InChI is InChI=1S/C21H26ClN3O2/c22-19-12-18(27-20-9-7-17(14-25-20)21(23)26)8-6-16(19)10-11-24-13-15-4-2-1-3-5-15/h6-9,12,14-15,24H,1-5,10-11,13H2,(H2,23,26). The van der Waals surface area contributed by atoms with Gasteiger partial charge in [-0.15, -0.1) is 0 Å². The molecule has 144 valence electrons. The van der Waals surface area contributed by atoms with Crippen molar-refractivity contribution < 1.29 is 9.53 Å². The van der Waals surface area contributed by atoms with E-state index in [1.165, 1.54) is 38.3 Å². The maximum atomic E-state index is 11.1. The number of hydrogen-bond donors (Lipinski definition) is 2. The largest absolute Gasteiger partial charge is 0.439 e. The fourth-order valence-electron chi connectivity index (χ4n) is 3.42. The van der Waals surface area contributed by atoms with Gasteiger partial charge in [-0.25, -0.2) is 4.98 Å². The molecular weight excluding hydrogens is 362 g/mol. The number of hydrogen-bond acceptors (Lipinski definition) is 4. The highest BCUT2D eigenvalue weighted by molar-refractivity contribution is 6.31. The minimum absolute atomic E-state index is 0.344. The molecule has 1 aromatic heterocycles. The number of nitrogens with two attached hydrogens (primary N) is 1. The molecule has 0 saturated heterocycles. The van der Waals surface area contributed by atoms with E-state index in [-0.39, 0.29) is 0 Å². The van der Waals surface area contributed by atoms with Crippen molar-refractivity contribution in [3.05, 3.63) is 52.7 Å². The smallest absolute Gasteiger partial charge is 0.250 e. The number of aromatic nitrogens is 1. The molecule has 0 aliphatic heterocycles. The number of nitrogens with one attached hydrogen (secondary N) is 1. The van der Waals surface area contributed by atoms with Gasteiger partial charge in [0.15, 0.2) is 0 Å². The van der Waals surface area contributed by atoms with Gasteiger partial charge in [-0.05, 0) is 62.0 Å². The highest BCUT2D eigenvalue weighted by Gasteiger charge is 2.12. The van der Waals surface area contributed by atoms with E-state index in [4.69, 9.17) is 22.1 Å². The third kappa shape index (κ3) is 5.94. The average Bonchev–Trinajstić information content (AvgIpc) is 2.68. The van der Waals surface area contributed by atoms with E-state index >= 15 is 0 Å². The topological polar surface area (TPSA) is 77.2 Å². The van der Waals surface area contributed by atoms with Gasteiger partial charge < -0.3 is 15.8 Å². The van der Waals surface area contributed by atoms with Crippen LogP contribution in [0.25, 0.3) is 0 Å². The number of amides is 1. The lowest BCUT2D eigenvalue weighted by Crippen LogP contribution is -2.26. The van der Waals surface area contributed by atoms with Gasteiger partial charge in [0.2, 0.25) is 11.8 Å². The predicted molar refractivity (Wildman–Crippen MR) is 107 cm³/mol. The molecule has 0 atom stereocenters. The molecule has 1 aromatic carbocycles. The molecule has 27 heavy (non-hydrogen) atoms. The lowest BCUT2D eigenvalue weighted by atomic mass is 9.89. The molecule has 0 bridgehead atoms. The van der Waals surface area contributed by atoms with E-state index in [0.717, 1.165) is 31.0 Å². The van der Waals surface area contributed by atoms with Gasteiger partial charge in [0, 0.05) is 17.3 Å². The van der Waals surface area contributed by atoms with Crippen LogP contribution in [-0.4, -0.2) is 24.0 Å². The molecule has 3 rings (SSSR count). The summed E-state index contributed by atoms with van der Waals surface area (Å²) in [6, 6.07) is 8.85. The SMILES string of the molecule is NC(=O)c1ccc(Oc2ccc(CCNCC3CCCCC3)c(Cl)c2)nc1. The lowest BCUT2D eigenvalue weighted by Gasteiger charge is -2.21. The zero-order chi connectivity index (χ0) is 19.1. The van der Waals surface area contributed by atoms with E-state index in [9.17, 15) is 4.79 Å². The molecule has 5 nitrogen and oxygen atoms in total. The molecule has 0 radical (unpaired) electrons. The van der Waals surface area contributed by atoms with Crippen LogP contribution in [0.1, 0.15) is 48.0 Å².